The molecule has 12 heteroatoms. The minimum atomic E-state index is -1.04. The summed E-state index contributed by atoms with van der Waals surface area (Å²) in [6.07, 6.45) is 7.06. The Morgan fingerprint density at radius 2 is 1.90 bits per heavy atom. The Balaban J connectivity index is 1.38. The van der Waals surface area contributed by atoms with Crippen LogP contribution in [0.1, 0.15) is 85.0 Å². The number of nitrogens with two attached hydrogens (primary N) is 1. The number of fused-ring (bicyclic) bond motifs is 2. The zero-order valence-corrected chi connectivity index (χ0v) is 29.5. The van der Waals surface area contributed by atoms with Crippen LogP contribution in [0.3, 0.4) is 0 Å². The SMILES string of the molecule is CC=C(CCO)C(=O)OC(C)(C)[C@@]1(CC2CC(N)NCC2CC(=O)N2CC(CNC)C2)CC2CC3CC(CCCO)C(=O)OC3CC2O1. The molecule has 0 spiro atoms. The van der Waals surface area contributed by atoms with Crippen molar-refractivity contribution >= 4 is 17.8 Å². The molecule has 1 amide bonds. The molecule has 0 bridgehead atoms. The molecule has 1 aliphatic carbocycles. The second kappa shape index (κ2) is 15.9. The topological polar surface area (TPSA) is 173 Å². The van der Waals surface area contributed by atoms with E-state index in [1.807, 2.05) is 25.8 Å². The Morgan fingerprint density at radius 1 is 1.12 bits per heavy atom. The molecule has 5 rings (SSSR count). The Bertz CT molecular complexity index is 1170. The summed E-state index contributed by atoms with van der Waals surface area (Å²) in [6.45, 7) is 8.60. The normalized spacial score (nSPS) is 35.8. The summed E-state index contributed by atoms with van der Waals surface area (Å²) in [4.78, 5) is 41.7. The van der Waals surface area contributed by atoms with Gasteiger partial charge in [-0.25, -0.2) is 4.79 Å². The van der Waals surface area contributed by atoms with E-state index in [0.29, 0.717) is 63.0 Å². The van der Waals surface area contributed by atoms with Gasteiger partial charge >= 0.3 is 11.9 Å². The number of allylic oxidation sites excluding steroid dienone is 1. The number of hydrogen-bond donors (Lipinski definition) is 5. The van der Waals surface area contributed by atoms with Crippen molar-refractivity contribution in [1.29, 1.82) is 0 Å². The number of esters is 2. The van der Waals surface area contributed by atoms with Gasteiger partial charge in [0.05, 0.1) is 18.2 Å². The van der Waals surface area contributed by atoms with E-state index in [2.05, 4.69) is 10.6 Å². The summed E-state index contributed by atoms with van der Waals surface area (Å²) in [5.74, 6) is 0.329. The van der Waals surface area contributed by atoms with Gasteiger partial charge < -0.3 is 45.7 Å². The number of amides is 1. The monoisotopic (exact) mass is 676 g/mol. The molecule has 0 aromatic rings. The molecular formula is C36H60N4O8. The van der Waals surface area contributed by atoms with E-state index >= 15 is 0 Å². The van der Waals surface area contributed by atoms with E-state index < -0.39 is 17.2 Å². The van der Waals surface area contributed by atoms with E-state index in [1.165, 1.54) is 0 Å². The summed E-state index contributed by atoms with van der Waals surface area (Å²) >= 11 is 0. The molecule has 0 radical (unpaired) electrons. The Morgan fingerprint density at radius 3 is 2.58 bits per heavy atom. The summed E-state index contributed by atoms with van der Waals surface area (Å²) in [5, 5.41) is 25.5. The molecule has 8 unspecified atom stereocenters. The maximum absolute atomic E-state index is 13.5. The van der Waals surface area contributed by atoms with E-state index in [-0.39, 0.29) is 79.5 Å². The summed E-state index contributed by atoms with van der Waals surface area (Å²) < 4.78 is 19.5. The minimum absolute atomic E-state index is 0.0477. The van der Waals surface area contributed by atoms with Crippen LogP contribution in [-0.4, -0.2) is 109 Å². The maximum atomic E-state index is 13.5. The van der Waals surface area contributed by atoms with Crippen LogP contribution in [0.25, 0.3) is 0 Å². The number of rotatable bonds is 14. The first-order valence-corrected chi connectivity index (χ1v) is 18.3. The lowest BCUT2D eigenvalue weighted by Gasteiger charge is -2.48. The van der Waals surface area contributed by atoms with Crippen LogP contribution >= 0.6 is 0 Å². The van der Waals surface area contributed by atoms with Crippen molar-refractivity contribution in [3.63, 3.8) is 0 Å². The van der Waals surface area contributed by atoms with Gasteiger partial charge in [0.1, 0.15) is 17.3 Å². The van der Waals surface area contributed by atoms with Gasteiger partial charge in [-0.2, -0.15) is 0 Å². The van der Waals surface area contributed by atoms with Crippen molar-refractivity contribution in [3.8, 4) is 0 Å². The van der Waals surface area contributed by atoms with Gasteiger partial charge in [0, 0.05) is 70.1 Å². The van der Waals surface area contributed by atoms with Gasteiger partial charge in [-0.1, -0.05) is 6.08 Å². The predicted molar refractivity (Wildman–Crippen MR) is 179 cm³/mol. The first kappa shape index (κ1) is 37.2. The van der Waals surface area contributed by atoms with E-state index in [0.717, 1.165) is 32.5 Å². The van der Waals surface area contributed by atoms with Gasteiger partial charge in [-0.15, -0.1) is 0 Å². The second-order valence-corrected chi connectivity index (χ2v) is 15.7. The van der Waals surface area contributed by atoms with E-state index in [9.17, 15) is 24.6 Å². The van der Waals surface area contributed by atoms with Gasteiger partial charge in [-0.3, -0.25) is 9.59 Å². The first-order chi connectivity index (χ1) is 22.9. The Hall–Kier alpha value is -2.09. The molecule has 4 aliphatic heterocycles. The molecule has 272 valence electrons. The molecular weight excluding hydrogens is 616 g/mol. The molecule has 4 heterocycles. The van der Waals surface area contributed by atoms with E-state index in [4.69, 9.17) is 19.9 Å². The number of ether oxygens (including phenoxy) is 3. The maximum Gasteiger partial charge on any atom is 0.334 e. The van der Waals surface area contributed by atoms with Crippen LogP contribution in [0.4, 0.5) is 0 Å². The van der Waals surface area contributed by atoms with E-state index in [1.54, 1.807) is 13.0 Å². The molecule has 4 saturated heterocycles. The van der Waals surface area contributed by atoms with Crippen molar-refractivity contribution in [2.75, 3.05) is 46.4 Å². The molecule has 9 atom stereocenters. The molecule has 0 aromatic heterocycles. The highest BCUT2D eigenvalue weighted by Crippen LogP contribution is 2.55. The van der Waals surface area contributed by atoms with Crippen molar-refractivity contribution in [3.05, 3.63) is 11.6 Å². The standard InChI is InChI=1S/C36H60N4O8/c1-5-23(8-10-42)34(45)48-35(2,3)36(16-26-13-31(37)39-19-28(26)14-32(43)40-20-22(21-40)18-38-4)17-27-12-25-11-24(7-6-9-41)33(44)46-29(25)15-30(27)47-36/h5,22,24-31,38-39,41-42H,6-21,37H2,1-4H3/t24?,25?,26?,27?,28?,29?,30?,31?,36-/m1/s1. The van der Waals surface area contributed by atoms with Crippen molar-refractivity contribution in [1.82, 2.24) is 15.5 Å². The molecule has 6 N–H and O–H groups in total. The van der Waals surface area contributed by atoms with Crippen molar-refractivity contribution in [2.24, 2.45) is 41.2 Å². The Labute approximate surface area is 285 Å². The fraction of sp³-hybridized carbons (Fsp3) is 0.861. The molecule has 0 aromatic carbocycles. The lowest BCUT2D eigenvalue weighted by atomic mass is 9.66. The summed E-state index contributed by atoms with van der Waals surface area (Å²) in [6, 6.07) is 0. The number of carbonyl (C=O) groups is 3. The molecule has 12 nitrogen and oxygen atoms in total. The van der Waals surface area contributed by atoms with Gasteiger partial charge in [-0.05, 0) is 96.4 Å². The highest BCUT2D eigenvalue weighted by molar-refractivity contribution is 5.88. The van der Waals surface area contributed by atoms with Crippen molar-refractivity contribution in [2.45, 2.75) is 115 Å². The Kier molecular flexibility index (Phi) is 12.3. The summed E-state index contributed by atoms with van der Waals surface area (Å²) in [5.41, 5.74) is 5.00. The van der Waals surface area contributed by atoms with Crippen LogP contribution in [0, 0.1) is 35.5 Å². The average molecular weight is 677 g/mol. The lowest BCUT2D eigenvalue weighted by molar-refractivity contribution is -0.209. The largest absolute Gasteiger partial charge is 0.462 e. The van der Waals surface area contributed by atoms with Crippen LogP contribution in [0.2, 0.25) is 0 Å². The van der Waals surface area contributed by atoms with Crippen LogP contribution in [0.15, 0.2) is 11.6 Å². The quantitative estimate of drug-likeness (QED) is 0.134. The average Bonchev–Trinajstić information content (AvgIpc) is 3.38. The first-order valence-electron chi connectivity index (χ1n) is 18.3. The highest BCUT2D eigenvalue weighted by atomic mass is 16.6. The number of aliphatic hydroxyl groups excluding tert-OH is 2. The highest BCUT2D eigenvalue weighted by Gasteiger charge is 2.61. The number of nitrogens with zero attached hydrogens (tertiary/aromatic N) is 1. The molecule has 5 fully saturated rings. The number of piperidine rings is 1. The third-order valence-electron chi connectivity index (χ3n) is 12.1. The molecule has 1 saturated carbocycles. The zero-order valence-electron chi connectivity index (χ0n) is 29.5. The smallest absolute Gasteiger partial charge is 0.334 e. The third-order valence-corrected chi connectivity index (χ3v) is 12.1. The summed E-state index contributed by atoms with van der Waals surface area (Å²) in [7, 11) is 1.93. The second-order valence-electron chi connectivity index (χ2n) is 15.7. The van der Waals surface area contributed by atoms with Crippen LogP contribution in [0.5, 0.6) is 0 Å². The lowest BCUT2D eigenvalue weighted by Crippen LogP contribution is -2.58. The molecule has 5 aliphatic rings. The number of aliphatic hydroxyl groups is 2. The molecule has 48 heavy (non-hydrogen) atoms. The van der Waals surface area contributed by atoms with Crippen LogP contribution in [-0.2, 0) is 28.6 Å². The fourth-order valence-corrected chi connectivity index (χ4v) is 9.27. The third kappa shape index (κ3) is 8.10. The number of carbonyl (C=O) groups excluding carboxylic acids is 3. The van der Waals surface area contributed by atoms with Crippen LogP contribution < -0.4 is 16.4 Å². The minimum Gasteiger partial charge on any atom is -0.462 e. The number of hydrogen-bond acceptors (Lipinski definition) is 11. The van der Waals surface area contributed by atoms with Gasteiger partial charge in [0.25, 0.3) is 0 Å². The predicted octanol–water partition coefficient (Wildman–Crippen LogP) is 1.86. The number of likely N-dealkylation sites (tertiary alicyclic amines) is 1. The van der Waals surface area contributed by atoms with Crippen molar-refractivity contribution < 1.29 is 38.8 Å². The van der Waals surface area contributed by atoms with Gasteiger partial charge in [0.15, 0.2) is 0 Å². The van der Waals surface area contributed by atoms with Gasteiger partial charge in [0.2, 0.25) is 5.91 Å². The fourth-order valence-electron chi connectivity index (χ4n) is 9.27. The number of nitrogens with one attached hydrogen (secondary N) is 2. The zero-order chi connectivity index (χ0) is 34.6.